The molecule has 1 aliphatic rings. The van der Waals surface area contributed by atoms with E-state index >= 15 is 0 Å². The van der Waals surface area contributed by atoms with Crippen LogP contribution in [0.1, 0.15) is 31.3 Å². The van der Waals surface area contributed by atoms with E-state index in [1.54, 1.807) is 0 Å². The molecule has 2 heterocycles. The lowest BCUT2D eigenvalue weighted by atomic mass is 10.2. The molecule has 0 fully saturated rings. The molecule has 0 N–H and O–H groups in total. The number of hydrogen-bond acceptors (Lipinski definition) is 1. The lowest BCUT2D eigenvalue weighted by Crippen LogP contribution is -1.87. The molecule has 0 aliphatic carbocycles. The average molecular weight is 148 g/mol. The molecular weight excluding hydrogens is 136 g/mol. The minimum atomic E-state index is 0.543. The van der Waals surface area contributed by atoms with Crippen LogP contribution < -0.4 is 0 Å². The van der Waals surface area contributed by atoms with Gasteiger partial charge in [-0.15, -0.1) is 0 Å². The molecule has 2 rings (SSSR count). The number of allylic oxidation sites excluding steroid dienone is 1. The summed E-state index contributed by atoms with van der Waals surface area (Å²) in [6, 6.07) is 0. The molecule has 0 unspecified atom stereocenters. The summed E-state index contributed by atoms with van der Waals surface area (Å²) >= 11 is 0. The van der Waals surface area contributed by atoms with Crippen LogP contribution in [-0.2, 0) is 6.42 Å². The molecular formula is C9H12N2. The van der Waals surface area contributed by atoms with Gasteiger partial charge in [0.2, 0.25) is 0 Å². The van der Waals surface area contributed by atoms with E-state index in [-0.39, 0.29) is 0 Å². The van der Waals surface area contributed by atoms with E-state index < -0.39 is 0 Å². The van der Waals surface area contributed by atoms with Gasteiger partial charge in [0.15, 0.2) is 0 Å². The van der Waals surface area contributed by atoms with E-state index in [2.05, 4.69) is 41.9 Å². The van der Waals surface area contributed by atoms with Crippen LogP contribution in [0.5, 0.6) is 0 Å². The standard InChI is InChI=1S/C9H12N2/c1-7(2)8-6-11-5-3-4-9(11)10-8/h3,5-7H,4H2,1-2H3. The van der Waals surface area contributed by atoms with Crippen LogP contribution in [0.15, 0.2) is 12.3 Å². The number of fused-ring (bicyclic) bond motifs is 1. The van der Waals surface area contributed by atoms with Crippen molar-refractivity contribution in [2.45, 2.75) is 26.2 Å². The van der Waals surface area contributed by atoms with Crippen LogP contribution in [-0.4, -0.2) is 9.55 Å². The van der Waals surface area contributed by atoms with Crippen molar-refractivity contribution < 1.29 is 0 Å². The summed E-state index contributed by atoms with van der Waals surface area (Å²) in [5.41, 5.74) is 1.20. The fraction of sp³-hybridized carbons (Fsp3) is 0.444. The molecule has 2 heteroatoms. The van der Waals surface area contributed by atoms with E-state index in [0.29, 0.717) is 5.92 Å². The molecule has 0 amide bonds. The van der Waals surface area contributed by atoms with Gasteiger partial charge in [-0.3, -0.25) is 0 Å². The minimum absolute atomic E-state index is 0.543. The quantitative estimate of drug-likeness (QED) is 0.596. The third-order valence-corrected chi connectivity index (χ3v) is 1.99. The first kappa shape index (κ1) is 6.65. The predicted molar refractivity (Wildman–Crippen MR) is 45.4 cm³/mol. The van der Waals surface area contributed by atoms with Crippen molar-refractivity contribution in [3.05, 3.63) is 23.8 Å². The Morgan fingerprint density at radius 2 is 2.36 bits per heavy atom. The zero-order chi connectivity index (χ0) is 7.84. The highest BCUT2D eigenvalue weighted by atomic mass is 15.1. The number of aromatic nitrogens is 2. The van der Waals surface area contributed by atoms with E-state index in [0.717, 1.165) is 6.42 Å². The van der Waals surface area contributed by atoms with Gasteiger partial charge in [0.05, 0.1) is 5.69 Å². The van der Waals surface area contributed by atoms with Crippen LogP contribution in [0, 0.1) is 0 Å². The zero-order valence-corrected chi connectivity index (χ0v) is 6.91. The van der Waals surface area contributed by atoms with Gasteiger partial charge in [0.1, 0.15) is 5.82 Å². The summed E-state index contributed by atoms with van der Waals surface area (Å²) in [5.74, 6) is 1.72. The number of nitrogens with zero attached hydrogens (tertiary/aromatic N) is 2. The summed E-state index contributed by atoms with van der Waals surface area (Å²) in [5, 5.41) is 0. The SMILES string of the molecule is CC(C)c1cn2c(n1)CC=C2. The van der Waals surface area contributed by atoms with Gasteiger partial charge >= 0.3 is 0 Å². The Labute approximate surface area is 66.6 Å². The molecule has 0 atom stereocenters. The van der Waals surface area contributed by atoms with Gasteiger partial charge in [-0.25, -0.2) is 4.98 Å². The molecule has 0 saturated heterocycles. The average Bonchev–Trinajstić information content (AvgIpc) is 2.40. The zero-order valence-electron chi connectivity index (χ0n) is 6.91. The molecule has 1 aromatic heterocycles. The Balaban J connectivity index is 2.41. The topological polar surface area (TPSA) is 17.8 Å². The van der Waals surface area contributed by atoms with E-state index in [9.17, 15) is 0 Å². The van der Waals surface area contributed by atoms with Crippen molar-refractivity contribution >= 4 is 6.20 Å². The molecule has 58 valence electrons. The molecule has 0 bridgehead atoms. The van der Waals surface area contributed by atoms with Gasteiger partial charge in [-0.2, -0.15) is 0 Å². The summed E-state index contributed by atoms with van der Waals surface area (Å²) < 4.78 is 2.11. The highest BCUT2D eigenvalue weighted by molar-refractivity contribution is 5.34. The van der Waals surface area contributed by atoms with Crippen molar-refractivity contribution in [3.63, 3.8) is 0 Å². The Hall–Kier alpha value is -1.05. The van der Waals surface area contributed by atoms with E-state index in [1.807, 2.05) is 0 Å². The van der Waals surface area contributed by atoms with Gasteiger partial charge in [0, 0.05) is 18.8 Å². The second-order valence-corrected chi connectivity index (χ2v) is 3.23. The Morgan fingerprint density at radius 1 is 1.55 bits per heavy atom. The summed E-state index contributed by atoms with van der Waals surface area (Å²) in [7, 11) is 0. The minimum Gasteiger partial charge on any atom is -0.310 e. The Bertz CT molecular complexity index is 295. The lowest BCUT2D eigenvalue weighted by Gasteiger charge is -1.95. The first-order valence-electron chi connectivity index (χ1n) is 4.01. The van der Waals surface area contributed by atoms with Crippen LogP contribution in [0.3, 0.4) is 0 Å². The van der Waals surface area contributed by atoms with E-state index in [1.165, 1.54) is 11.5 Å². The molecule has 0 saturated carbocycles. The molecule has 2 nitrogen and oxygen atoms in total. The highest BCUT2D eigenvalue weighted by Gasteiger charge is 2.10. The Morgan fingerprint density at radius 3 is 3.00 bits per heavy atom. The smallest absolute Gasteiger partial charge is 0.116 e. The van der Waals surface area contributed by atoms with Crippen molar-refractivity contribution in [2.75, 3.05) is 0 Å². The van der Waals surface area contributed by atoms with Crippen LogP contribution in [0.4, 0.5) is 0 Å². The molecule has 1 aliphatic heterocycles. The van der Waals surface area contributed by atoms with Gasteiger partial charge in [-0.05, 0) is 5.92 Å². The van der Waals surface area contributed by atoms with Gasteiger partial charge in [0.25, 0.3) is 0 Å². The predicted octanol–water partition coefficient (Wildman–Crippen LogP) is 2.03. The van der Waals surface area contributed by atoms with Gasteiger partial charge in [-0.1, -0.05) is 19.9 Å². The molecule has 0 aromatic carbocycles. The second kappa shape index (κ2) is 2.22. The number of rotatable bonds is 1. The maximum absolute atomic E-state index is 4.49. The number of hydrogen-bond donors (Lipinski definition) is 0. The van der Waals surface area contributed by atoms with E-state index in [4.69, 9.17) is 0 Å². The third-order valence-electron chi connectivity index (χ3n) is 1.99. The normalized spacial score (nSPS) is 14.5. The van der Waals surface area contributed by atoms with Crippen LogP contribution in [0.2, 0.25) is 0 Å². The van der Waals surface area contributed by atoms with Gasteiger partial charge < -0.3 is 4.57 Å². The molecule has 11 heavy (non-hydrogen) atoms. The second-order valence-electron chi connectivity index (χ2n) is 3.23. The number of imidazole rings is 1. The maximum Gasteiger partial charge on any atom is 0.116 e. The summed E-state index contributed by atoms with van der Waals surface area (Å²) in [6.45, 7) is 4.34. The maximum atomic E-state index is 4.49. The molecule has 0 spiro atoms. The van der Waals surface area contributed by atoms with Crippen LogP contribution >= 0.6 is 0 Å². The van der Waals surface area contributed by atoms with Crippen molar-refractivity contribution in [1.82, 2.24) is 9.55 Å². The third kappa shape index (κ3) is 0.985. The van der Waals surface area contributed by atoms with Crippen molar-refractivity contribution in [3.8, 4) is 0 Å². The summed E-state index contributed by atoms with van der Waals surface area (Å²) in [6.07, 6.45) is 7.32. The molecule has 0 radical (unpaired) electrons. The first-order valence-corrected chi connectivity index (χ1v) is 4.01. The first-order chi connectivity index (χ1) is 5.27. The van der Waals surface area contributed by atoms with Crippen molar-refractivity contribution in [1.29, 1.82) is 0 Å². The lowest BCUT2D eigenvalue weighted by molar-refractivity contribution is 0.826. The molecule has 1 aromatic rings. The Kier molecular flexibility index (Phi) is 1.34. The fourth-order valence-electron chi connectivity index (χ4n) is 1.28. The largest absolute Gasteiger partial charge is 0.310 e. The van der Waals surface area contributed by atoms with Crippen LogP contribution in [0.25, 0.3) is 6.20 Å². The van der Waals surface area contributed by atoms with Crippen molar-refractivity contribution in [2.24, 2.45) is 0 Å². The summed E-state index contributed by atoms with van der Waals surface area (Å²) in [4.78, 5) is 4.49. The monoisotopic (exact) mass is 148 g/mol. The highest BCUT2D eigenvalue weighted by Crippen LogP contribution is 2.17. The fourth-order valence-corrected chi connectivity index (χ4v) is 1.28.